The van der Waals surface area contributed by atoms with Crippen LogP contribution in [-0.2, 0) is 17.9 Å². The van der Waals surface area contributed by atoms with Gasteiger partial charge in [-0.2, -0.15) is 0 Å². The van der Waals surface area contributed by atoms with Gasteiger partial charge in [0.05, 0.1) is 11.5 Å². The highest BCUT2D eigenvalue weighted by Crippen LogP contribution is 2.12. The number of aromatic nitrogens is 1. The van der Waals surface area contributed by atoms with E-state index in [1.54, 1.807) is 30.3 Å². The molecule has 0 saturated carbocycles. The number of hydrogen-bond acceptors (Lipinski definition) is 5. The Hall–Kier alpha value is -3.35. The van der Waals surface area contributed by atoms with Gasteiger partial charge < -0.3 is 19.6 Å². The van der Waals surface area contributed by atoms with Crippen LogP contribution < -0.4 is 16.2 Å². The number of aromatic carboxylic acids is 1. The Morgan fingerprint density at radius 2 is 1.81 bits per heavy atom. The van der Waals surface area contributed by atoms with Crippen LogP contribution in [0.5, 0.6) is 0 Å². The Bertz CT molecular complexity index is 985. The summed E-state index contributed by atoms with van der Waals surface area (Å²) < 4.78 is 6.66. The van der Waals surface area contributed by atoms with Crippen LogP contribution in [0.1, 0.15) is 28.8 Å². The summed E-state index contributed by atoms with van der Waals surface area (Å²) in [7, 11) is 0. The molecule has 0 aliphatic rings. The van der Waals surface area contributed by atoms with Gasteiger partial charge in [-0.15, -0.1) is 0 Å². The Labute approximate surface area is 148 Å². The summed E-state index contributed by atoms with van der Waals surface area (Å²) in [6, 6.07) is 13.3. The number of hydrogen-bond donors (Lipinski definition) is 1. The lowest BCUT2D eigenvalue weighted by molar-refractivity contribution is -0.255. The summed E-state index contributed by atoms with van der Waals surface area (Å²) in [5.74, 6) is -1.81. The van der Waals surface area contributed by atoms with E-state index in [0.29, 0.717) is 30.6 Å². The molecule has 1 aromatic heterocycles. The topological polar surface area (TPSA) is 104 Å². The zero-order valence-electron chi connectivity index (χ0n) is 13.9. The SMILES string of the molecule is O=C(CCCn1c(=O)oc2ccccc21)NCc1ccc(C(=O)[O-])cc1. The summed E-state index contributed by atoms with van der Waals surface area (Å²) in [5.41, 5.74) is 2.13. The molecule has 3 rings (SSSR count). The normalized spacial score (nSPS) is 10.8. The second-order valence-corrected chi connectivity index (χ2v) is 5.85. The van der Waals surface area contributed by atoms with Crippen molar-refractivity contribution in [1.29, 1.82) is 0 Å². The quantitative estimate of drug-likeness (QED) is 0.684. The van der Waals surface area contributed by atoms with Gasteiger partial charge in [-0.1, -0.05) is 36.4 Å². The molecule has 0 atom stereocenters. The number of carboxylic acids is 1. The van der Waals surface area contributed by atoms with Crippen LogP contribution in [0.3, 0.4) is 0 Å². The van der Waals surface area contributed by atoms with Crippen molar-refractivity contribution < 1.29 is 19.1 Å². The molecular formula is C19H17N2O5-. The molecule has 0 spiro atoms. The number of nitrogens with zero attached hydrogens (tertiary/aromatic N) is 1. The Morgan fingerprint density at radius 3 is 2.54 bits per heavy atom. The van der Waals surface area contributed by atoms with Crippen LogP contribution in [0.15, 0.2) is 57.7 Å². The second-order valence-electron chi connectivity index (χ2n) is 5.85. The van der Waals surface area contributed by atoms with Gasteiger partial charge in [0.25, 0.3) is 0 Å². The van der Waals surface area contributed by atoms with E-state index in [0.717, 1.165) is 5.56 Å². The number of carboxylic acid groups (broad SMARTS) is 1. The van der Waals surface area contributed by atoms with E-state index in [4.69, 9.17) is 4.42 Å². The first kappa shape index (κ1) is 17.5. The number of aryl methyl sites for hydroxylation is 1. The summed E-state index contributed by atoms with van der Waals surface area (Å²) in [6.45, 7) is 0.699. The molecular weight excluding hydrogens is 336 g/mol. The fraction of sp³-hybridized carbons (Fsp3) is 0.211. The van der Waals surface area contributed by atoms with Crippen LogP contribution in [0.4, 0.5) is 0 Å². The molecule has 134 valence electrons. The average molecular weight is 353 g/mol. The number of fused-ring (bicyclic) bond motifs is 1. The van der Waals surface area contributed by atoms with E-state index in [9.17, 15) is 19.5 Å². The third-order valence-electron chi connectivity index (χ3n) is 4.04. The van der Waals surface area contributed by atoms with Crippen molar-refractivity contribution in [3.63, 3.8) is 0 Å². The fourth-order valence-electron chi connectivity index (χ4n) is 2.67. The molecule has 3 aromatic rings. The van der Waals surface area contributed by atoms with Crippen LogP contribution in [0, 0.1) is 0 Å². The Kier molecular flexibility index (Phi) is 5.17. The molecule has 0 unspecified atom stereocenters. The number of oxazole rings is 1. The van der Waals surface area contributed by atoms with Crippen molar-refractivity contribution in [2.75, 3.05) is 0 Å². The lowest BCUT2D eigenvalue weighted by Crippen LogP contribution is -2.24. The number of rotatable bonds is 7. The fourth-order valence-corrected chi connectivity index (χ4v) is 2.67. The van der Waals surface area contributed by atoms with Crippen molar-refractivity contribution in [3.05, 3.63) is 70.2 Å². The van der Waals surface area contributed by atoms with E-state index in [1.165, 1.54) is 16.7 Å². The van der Waals surface area contributed by atoms with E-state index >= 15 is 0 Å². The number of carbonyl (C=O) groups excluding carboxylic acids is 2. The average Bonchev–Trinajstić information content (AvgIpc) is 2.96. The zero-order chi connectivity index (χ0) is 18.5. The van der Waals surface area contributed by atoms with Crippen LogP contribution in [0.25, 0.3) is 11.1 Å². The van der Waals surface area contributed by atoms with E-state index in [2.05, 4.69) is 5.32 Å². The van der Waals surface area contributed by atoms with Gasteiger partial charge in [0, 0.05) is 19.5 Å². The maximum Gasteiger partial charge on any atom is 0.419 e. The summed E-state index contributed by atoms with van der Waals surface area (Å²) in [4.78, 5) is 34.5. The first-order valence-corrected chi connectivity index (χ1v) is 8.20. The Balaban J connectivity index is 1.49. The summed E-state index contributed by atoms with van der Waals surface area (Å²) >= 11 is 0. The number of benzene rings is 2. The van der Waals surface area contributed by atoms with Gasteiger partial charge in [0.15, 0.2) is 5.58 Å². The number of nitrogens with one attached hydrogen (secondary N) is 1. The number of carbonyl (C=O) groups is 2. The van der Waals surface area contributed by atoms with Gasteiger partial charge in [-0.05, 0) is 29.7 Å². The highest BCUT2D eigenvalue weighted by Gasteiger charge is 2.09. The molecule has 0 bridgehead atoms. The van der Waals surface area contributed by atoms with Gasteiger partial charge >= 0.3 is 5.76 Å². The third kappa shape index (κ3) is 4.00. The maximum absolute atomic E-state index is 11.9. The third-order valence-corrected chi connectivity index (χ3v) is 4.04. The number of para-hydroxylation sites is 2. The van der Waals surface area contributed by atoms with Gasteiger partial charge in [-0.3, -0.25) is 9.36 Å². The molecule has 1 heterocycles. The highest BCUT2D eigenvalue weighted by molar-refractivity contribution is 5.85. The molecule has 0 aliphatic heterocycles. The van der Waals surface area contributed by atoms with Crippen LogP contribution >= 0.6 is 0 Å². The zero-order valence-corrected chi connectivity index (χ0v) is 13.9. The molecule has 0 aliphatic carbocycles. The molecule has 1 N–H and O–H groups in total. The van der Waals surface area contributed by atoms with Crippen molar-refractivity contribution in [2.45, 2.75) is 25.9 Å². The molecule has 26 heavy (non-hydrogen) atoms. The highest BCUT2D eigenvalue weighted by atomic mass is 16.4. The standard InChI is InChI=1S/C19H18N2O5/c22-17(20-12-13-7-9-14(10-8-13)18(23)24)6-3-11-21-15-4-1-2-5-16(15)26-19(21)25/h1-2,4-5,7-10H,3,6,11-12H2,(H,20,22)(H,23,24)/p-1. The monoisotopic (exact) mass is 353 g/mol. The van der Waals surface area contributed by atoms with Crippen molar-refractivity contribution in [3.8, 4) is 0 Å². The molecule has 0 saturated heterocycles. The van der Waals surface area contributed by atoms with Gasteiger partial charge in [0.2, 0.25) is 5.91 Å². The van der Waals surface area contributed by atoms with Gasteiger partial charge in [0.1, 0.15) is 0 Å². The predicted octanol–water partition coefficient (Wildman–Crippen LogP) is 1.05. The molecule has 0 fully saturated rings. The predicted molar refractivity (Wildman–Crippen MR) is 92.3 cm³/mol. The van der Waals surface area contributed by atoms with Crippen molar-refractivity contribution in [1.82, 2.24) is 9.88 Å². The first-order chi connectivity index (χ1) is 12.5. The van der Waals surface area contributed by atoms with Gasteiger partial charge in [-0.25, -0.2) is 4.79 Å². The van der Waals surface area contributed by atoms with Crippen LogP contribution in [-0.4, -0.2) is 16.4 Å². The molecule has 7 heteroatoms. The first-order valence-electron chi connectivity index (χ1n) is 8.20. The van der Waals surface area contributed by atoms with E-state index in [-0.39, 0.29) is 17.9 Å². The molecule has 2 aromatic carbocycles. The van der Waals surface area contributed by atoms with E-state index in [1.807, 2.05) is 6.07 Å². The Morgan fingerprint density at radius 1 is 1.08 bits per heavy atom. The van der Waals surface area contributed by atoms with E-state index < -0.39 is 11.7 Å². The summed E-state index contributed by atoms with van der Waals surface area (Å²) in [6.07, 6.45) is 0.766. The minimum absolute atomic E-state index is 0.0952. The minimum Gasteiger partial charge on any atom is -0.545 e. The number of amides is 1. The second kappa shape index (κ2) is 7.69. The molecule has 1 amide bonds. The maximum atomic E-state index is 11.9. The van der Waals surface area contributed by atoms with Crippen molar-refractivity contribution >= 4 is 23.0 Å². The molecule has 7 nitrogen and oxygen atoms in total. The lowest BCUT2D eigenvalue weighted by Gasteiger charge is -2.07. The van der Waals surface area contributed by atoms with Crippen molar-refractivity contribution in [2.24, 2.45) is 0 Å². The largest absolute Gasteiger partial charge is 0.545 e. The minimum atomic E-state index is -1.23. The molecule has 0 radical (unpaired) electrons. The summed E-state index contributed by atoms with van der Waals surface area (Å²) in [5, 5.41) is 13.5. The smallest absolute Gasteiger partial charge is 0.419 e. The lowest BCUT2D eigenvalue weighted by atomic mass is 10.1. The van der Waals surface area contributed by atoms with Crippen LogP contribution in [0.2, 0.25) is 0 Å².